The van der Waals surface area contributed by atoms with E-state index in [0.717, 1.165) is 12.1 Å². The minimum absolute atomic E-state index is 0.0981. The van der Waals surface area contributed by atoms with Crippen LogP contribution in [0.4, 0.5) is 18.9 Å². The number of amides is 1. The van der Waals surface area contributed by atoms with Crippen LogP contribution >= 0.6 is 11.6 Å². The van der Waals surface area contributed by atoms with Crippen LogP contribution in [-0.4, -0.2) is 31.7 Å². The van der Waals surface area contributed by atoms with Crippen LogP contribution in [0.1, 0.15) is 18.4 Å². The van der Waals surface area contributed by atoms with Gasteiger partial charge in [-0.15, -0.1) is 0 Å². The van der Waals surface area contributed by atoms with E-state index in [9.17, 15) is 26.4 Å². The van der Waals surface area contributed by atoms with Crippen molar-refractivity contribution in [2.24, 2.45) is 5.92 Å². The fourth-order valence-corrected chi connectivity index (χ4v) is 4.72. The largest absolute Gasteiger partial charge is 0.416 e. The molecular formula is C19H19ClF3N3O3S. The first-order chi connectivity index (χ1) is 14.1. The van der Waals surface area contributed by atoms with E-state index in [4.69, 9.17) is 11.6 Å². The number of hydrazine groups is 1. The summed E-state index contributed by atoms with van der Waals surface area (Å²) in [6.07, 6.45) is -3.89. The number of sulfonamides is 1. The Hall–Kier alpha value is -2.30. The first-order valence-electron chi connectivity index (χ1n) is 9.06. The van der Waals surface area contributed by atoms with Crippen LogP contribution < -0.4 is 10.9 Å². The molecule has 0 saturated carbocycles. The number of carbonyl (C=O) groups excluding carboxylic acids is 1. The molecule has 11 heteroatoms. The highest BCUT2D eigenvalue weighted by Crippen LogP contribution is 2.30. The summed E-state index contributed by atoms with van der Waals surface area (Å²) in [6.45, 7) is 0.319. The fraction of sp³-hybridized carbons (Fsp3) is 0.316. The Kier molecular flexibility index (Phi) is 6.59. The molecule has 1 amide bonds. The molecule has 1 aliphatic heterocycles. The number of alkyl halides is 3. The lowest BCUT2D eigenvalue weighted by Gasteiger charge is -2.30. The minimum atomic E-state index is -4.48. The van der Waals surface area contributed by atoms with Crippen LogP contribution in [-0.2, 0) is 21.0 Å². The third-order valence-electron chi connectivity index (χ3n) is 4.80. The van der Waals surface area contributed by atoms with Crippen LogP contribution in [0.5, 0.6) is 0 Å². The molecule has 1 saturated heterocycles. The number of anilines is 1. The van der Waals surface area contributed by atoms with Crippen LogP contribution in [0, 0.1) is 5.92 Å². The number of nitrogens with zero attached hydrogens (tertiary/aromatic N) is 1. The Labute approximate surface area is 177 Å². The lowest BCUT2D eigenvalue weighted by atomic mass is 9.98. The molecule has 0 radical (unpaired) electrons. The second-order valence-corrected chi connectivity index (χ2v) is 9.20. The summed E-state index contributed by atoms with van der Waals surface area (Å²) in [5, 5.41) is 0.428. The summed E-state index contributed by atoms with van der Waals surface area (Å²) >= 11 is 5.79. The SMILES string of the molecule is O=C(NNc1cccc(C(F)(F)F)c1)C1CCN(S(=O)(=O)c2ccc(Cl)cc2)CC1. The topological polar surface area (TPSA) is 78.5 Å². The lowest BCUT2D eigenvalue weighted by molar-refractivity contribution is -0.137. The Morgan fingerprint density at radius 2 is 1.70 bits per heavy atom. The van der Waals surface area contributed by atoms with E-state index in [1.54, 1.807) is 0 Å². The van der Waals surface area contributed by atoms with E-state index >= 15 is 0 Å². The summed E-state index contributed by atoms with van der Waals surface area (Å²) in [5.74, 6) is -0.865. The second-order valence-electron chi connectivity index (χ2n) is 6.83. The van der Waals surface area contributed by atoms with Gasteiger partial charge >= 0.3 is 6.18 Å². The standard InChI is InChI=1S/C19H19ClF3N3O3S/c20-15-4-6-17(7-5-15)30(28,29)26-10-8-13(9-11-26)18(27)25-24-16-3-1-2-14(12-16)19(21,22)23/h1-7,12-13,24H,8-11H2,(H,25,27). The van der Waals surface area contributed by atoms with E-state index < -0.39 is 33.6 Å². The molecule has 162 valence electrons. The van der Waals surface area contributed by atoms with Gasteiger partial charge in [0.1, 0.15) is 0 Å². The van der Waals surface area contributed by atoms with Crippen molar-refractivity contribution in [3.63, 3.8) is 0 Å². The molecule has 1 fully saturated rings. The highest BCUT2D eigenvalue weighted by atomic mass is 35.5. The van der Waals surface area contributed by atoms with Gasteiger partial charge < -0.3 is 0 Å². The predicted molar refractivity (Wildman–Crippen MR) is 106 cm³/mol. The highest BCUT2D eigenvalue weighted by molar-refractivity contribution is 7.89. The van der Waals surface area contributed by atoms with Crippen molar-refractivity contribution in [2.75, 3.05) is 18.5 Å². The van der Waals surface area contributed by atoms with Crippen LogP contribution in [0.2, 0.25) is 5.02 Å². The molecule has 0 unspecified atom stereocenters. The zero-order valence-electron chi connectivity index (χ0n) is 15.6. The molecule has 0 atom stereocenters. The smallest absolute Gasteiger partial charge is 0.299 e. The molecular weight excluding hydrogens is 443 g/mol. The maximum Gasteiger partial charge on any atom is 0.416 e. The maximum atomic E-state index is 12.8. The minimum Gasteiger partial charge on any atom is -0.299 e. The highest BCUT2D eigenvalue weighted by Gasteiger charge is 2.32. The molecule has 0 aliphatic carbocycles. The lowest BCUT2D eigenvalue weighted by Crippen LogP contribution is -2.44. The molecule has 0 spiro atoms. The van der Waals surface area contributed by atoms with Crippen LogP contribution in [0.3, 0.4) is 0 Å². The molecule has 2 N–H and O–H groups in total. The van der Waals surface area contributed by atoms with Gasteiger partial charge in [-0.3, -0.25) is 15.6 Å². The number of benzene rings is 2. The molecule has 6 nitrogen and oxygen atoms in total. The van der Waals surface area contributed by atoms with Crippen molar-refractivity contribution >= 4 is 33.2 Å². The number of hydrogen-bond donors (Lipinski definition) is 2. The average molecular weight is 462 g/mol. The number of carbonyl (C=O) groups is 1. The molecule has 0 aromatic heterocycles. The Balaban J connectivity index is 1.55. The Morgan fingerprint density at radius 1 is 1.07 bits per heavy atom. The molecule has 3 rings (SSSR count). The van der Waals surface area contributed by atoms with Gasteiger partial charge in [-0.05, 0) is 55.3 Å². The third-order valence-corrected chi connectivity index (χ3v) is 6.96. The number of piperidine rings is 1. The van der Waals surface area contributed by atoms with Gasteiger partial charge in [-0.1, -0.05) is 17.7 Å². The summed E-state index contributed by atoms with van der Waals surface area (Å²) in [6, 6.07) is 10.3. The Bertz CT molecular complexity index is 1010. The van der Waals surface area contributed by atoms with Gasteiger partial charge in [0, 0.05) is 24.0 Å². The number of nitrogens with one attached hydrogen (secondary N) is 2. The molecule has 1 aliphatic rings. The second kappa shape index (κ2) is 8.83. The monoisotopic (exact) mass is 461 g/mol. The van der Waals surface area contributed by atoms with Crippen molar-refractivity contribution < 1.29 is 26.4 Å². The van der Waals surface area contributed by atoms with Gasteiger partial charge in [0.05, 0.1) is 16.1 Å². The molecule has 2 aromatic rings. The van der Waals surface area contributed by atoms with E-state index in [1.807, 2.05) is 0 Å². The van der Waals surface area contributed by atoms with Crippen molar-refractivity contribution in [3.8, 4) is 0 Å². The van der Waals surface area contributed by atoms with Gasteiger partial charge in [0.15, 0.2) is 0 Å². The Morgan fingerprint density at radius 3 is 2.30 bits per heavy atom. The first-order valence-corrected chi connectivity index (χ1v) is 10.9. The number of hydrogen-bond acceptors (Lipinski definition) is 4. The third kappa shape index (κ3) is 5.24. The van der Waals surface area contributed by atoms with Gasteiger partial charge in [-0.25, -0.2) is 8.42 Å². The fourth-order valence-electron chi connectivity index (χ4n) is 3.12. The van der Waals surface area contributed by atoms with Crippen LogP contribution in [0.25, 0.3) is 0 Å². The molecule has 30 heavy (non-hydrogen) atoms. The van der Waals surface area contributed by atoms with E-state index in [0.29, 0.717) is 17.9 Å². The summed E-state index contributed by atoms with van der Waals surface area (Å²) < 4.78 is 64.9. The maximum absolute atomic E-state index is 12.8. The zero-order valence-corrected chi connectivity index (χ0v) is 17.2. The predicted octanol–water partition coefficient (Wildman–Crippen LogP) is 3.90. The van der Waals surface area contributed by atoms with Gasteiger partial charge in [0.2, 0.25) is 15.9 Å². The molecule has 2 aromatic carbocycles. The normalized spacial score (nSPS) is 16.3. The summed E-state index contributed by atoms with van der Waals surface area (Å²) in [7, 11) is -3.68. The molecule has 0 bridgehead atoms. The van der Waals surface area contributed by atoms with Gasteiger partial charge in [0.25, 0.3) is 0 Å². The summed E-state index contributed by atoms with van der Waals surface area (Å²) in [5.41, 5.74) is 4.15. The summed E-state index contributed by atoms with van der Waals surface area (Å²) in [4.78, 5) is 12.5. The van der Waals surface area contributed by atoms with E-state index in [2.05, 4.69) is 10.9 Å². The average Bonchev–Trinajstić information content (AvgIpc) is 2.72. The van der Waals surface area contributed by atoms with Crippen molar-refractivity contribution in [2.45, 2.75) is 23.9 Å². The van der Waals surface area contributed by atoms with Gasteiger partial charge in [-0.2, -0.15) is 17.5 Å². The van der Waals surface area contributed by atoms with E-state index in [-0.39, 0.29) is 23.7 Å². The molecule has 1 heterocycles. The van der Waals surface area contributed by atoms with Crippen LogP contribution in [0.15, 0.2) is 53.4 Å². The van der Waals surface area contributed by atoms with E-state index in [1.165, 1.54) is 40.7 Å². The quantitative estimate of drug-likeness (QED) is 0.662. The number of rotatable bonds is 5. The first kappa shape index (κ1) is 22.4. The number of halogens is 4. The van der Waals surface area contributed by atoms with Crippen molar-refractivity contribution in [1.29, 1.82) is 0 Å². The van der Waals surface area contributed by atoms with Crippen molar-refractivity contribution in [1.82, 2.24) is 9.73 Å². The zero-order chi connectivity index (χ0) is 21.9. The van der Waals surface area contributed by atoms with Crippen molar-refractivity contribution in [3.05, 3.63) is 59.1 Å².